The van der Waals surface area contributed by atoms with Crippen molar-refractivity contribution in [1.29, 1.82) is 0 Å². The van der Waals surface area contributed by atoms with E-state index in [2.05, 4.69) is 11.4 Å². The molecule has 2 aromatic carbocycles. The summed E-state index contributed by atoms with van der Waals surface area (Å²) in [4.78, 5) is 0. The fraction of sp³-hybridized carbons (Fsp3) is 0.176. The van der Waals surface area contributed by atoms with Gasteiger partial charge in [-0.1, -0.05) is 18.2 Å². The van der Waals surface area contributed by atoms with Crippen molar-refractivity contribution in [3.63, 3.8) is 0 Å². The van der Waals surface area contributed by atoms with Gasteiger partial charge in [0, 0.05) is 35.3 Å². The minimum Gasteiger partial charge on any atom is -0.343 e. The Labute approximate surface area is 122 Å². The van der Waals surface area contributed by atoms with Crippen LogP contribution in [0.2, 0.25) is 0 Å². The van der Waals surface area contributed by atoms with Gasteiger partial charge in [-0.05, 0) is 30.8 Å². The maximum absolute atomic E-state index is 13.8. The van der Waals surface area contributed by atoms with Crippen LogP contribution >= 0.6 is 0 Å². The van der Waals surface area contributed by atoms with Crippen LogP contribution in [0.4, 0.5) is 8.78 Å². The molecule has 0 fully saturated rings. The number of nitrogens with zero attached hydrogens (tertiary/aromatic N) is 1. The van der Waals surface area contributed by atoms with Gasteiger partial charge in [0.15, 0.2) is 0 Å². The fourth-order valence-corrected chi connectivity index (χ4v) is 2.60. The van der Waals surface area contributed by atoms with Crippen molar-refractivity contribution >= 4 is 10.9 Å². The van der Waals surface area contributed by atoms with Gasteiger partial charge >= 0.3 is 0 Å². The molecular formula is C17H16F2N2. The van der Waals surface area contributed by atoms with E-state index in [0.29, 0.717) is 12.1 Å². The number of hydrogen-bond acceptors (Lipinski definition) is 1. The predicted octanol–water partition coefficient (Wildman–Crippen LogP) is 3.69. The molecule has 0 aliphatic carbocycles. The monoisotopic (exact) mass is 286 g/mol. The van der Waals surface area contributed by atoms with Gasteiger partial charge < -0.3 is 9.88 Å². The minimum atomic E-state index is -0.551. The highest BCUT2D eigenvalue weighted by Gasteiger charge is 2.08. The zero-order chi connectivity index (χ0) is 14.8. The van der Waals surface area contributed by atoms with Crippen LogP contribution in [0, 0.1) is 11.6 Å². The summed E-state index contributed by atoms with van der Waals surface area (Å²) in [6, 6.07) is 11.8. The van der Waals surface area contributed by atoms with E-state index in [-0.39, 0.29) is 0 Å². The molecule has 21 heavy (non-hydrogen) atoms. The summed E-state index contributed by atoms with van der Waals surface area (Å²) >= 11 is 0. The lowest BCUT2D eigenvalue weighted by Gasteiger charge is -2.08. The molecule has 0 bridgehead atoms. The Morgan fingerprint density at radius 3 is 2.67 bits per heavy atom. The highest BCUT2D eigenvalue weighted by Crippen LogP contribution is 2.22. The molecule has 1 N–H and O–H groups in total. The van der Waals surface area contributed by atoms with Gasteiger partial charge in [0.2, 0.25) is 0 Å². The largest absolute Gasteiger partial charge is 0.343 e. The number of hydrogen-bond donors (Lipinski definition) is 1. The second-order valence-corrected chi connectivity index (χ2v) is 5.06. The summed E-state index contributed by atoms with van der Waals surface area (Å²) < 4.78 is 28.7. The molecule has 0 aliphatic rings. The molecule has 2 nitrogen and oxygen atoms in total. The normalized spacial score (nSPS) is 11.2. The molecule has 1 aromatic heterocycles. The van der Waals surface area contributed by atoms with Crippen molar-refractivity contribution < 1.29 is 8.78 Å². The van der Waals surface area contributed by atoms with E-state index in [9.17, 15) is 8.78 Å². The molecule has 0 unspecified atom stereocenters. The summed E-state index contributed by atoms with van der Waals surface area (Å²) in [5.74, 6) is -1.06. The van der Waals surface area contributed by atoms with E-state index in [1.807, 2.05) is 36.0 Å². The molecule has 0 aliphatic heterocycles. The maximum Gasteiger partial charge on any atom is 0.131 e. The van der Waals surface area contributed by atoms with Gasteiger partial charge in [-0.25, -0.2) is 8.78 Å². The first kappa shape index (κ1) is 13.8. The first-order valence-corrected chi connectivity index (χ1v) is 6.84. The summed E-state index contributed by atoms with van der Waals surface area (Å²) in [5.41, 5.74) is 2.73. The number of rotatable bonds is 4. The number of benzene rings is 2. The van der Waals surface area contributed by atoms with E-state index < -0.39 is 11.6 Å². The molecule has 4 heteroatoms. The van der Waals surface area contributed by atoms with Crippen LogP contribution in [0.5, 0.6) is 0 Å². The van der Waals surface area contributed by atoms with Gasteiger partial charge in [0.25, 0.3) is 0 Å². The molecule has 0 amide bonds. The lowest BCUT2D eigenvalue weighted by atomic mass is 10.1. The van der Waals surface area contributed by atoms with E-state index in [1.165, 1.54) is 17.7 Å². The standard InChI is InChI=1S/C17H16F2N2/c1-20-10-12-3-2-4-17-15(12)7-8-21(17)11-13-5-6-14(18)9-16(13)19/h2-9,20H,10-11H2,1H3. The SMILES string of the molecule is CNCc1cccc2c1ccn2Cc1ccc(F)cc1F. The van der Waals surface area contributed by atoms with Gasteiger partial charge in [-0.3, -0.25) is 0 Å². The second kappa shape index (κ2) is 5.66. The Hall–Kier alpha value is -2.20. The number of aromatic nitrogens is 1. The molecule has 0 atom stereocenters. The van der Waals surface area contributed by atoms with Crippen LogP contribution in [0.3, 0.4) is 0 Å². The van der Waals surface area contributed by atoms with Crippen LogP contribution in [0.15, 0.2) is 48.7 Å². The third kappa shape index (κ3) is 2.67. The topological polar surface area (TPSA) is 17.0 Å². The highest BCUT2D eigenvalue weighted by molar-refractivity contribution is 5.83. The zero-order valence-corrected chi connectivity index (χ0v) is 11.7. The van der Waals surface area contributed by atoms with Crippen molar-refractivity contribution in [3.8, 4) is 0 Å². The molecular weight excluding hydrogens is 270 g/mol. The van der Waals surface area contributed by atoms with Crippen LogP contribution in [0.1, 0.15) is 11.1 Å². The average Bonchev–Trinajstić information content (AvgIpc) is 2.87. The first-order chi connectivity index (χ1) is 10.2. The van der Waals surface area contributed by atoms with Crippen LogP contribution in [-0.2, 0) is 13.1 Å². The van der Waals surface area contributed by atoms with Crippen molar-refractivity contribution in [2.75, 3.05) is 7.05 Å². The Bertz CT molecular complexity index is 778. The maximum atomic E-state index is 13.8. The Morgan fingerprint density at radius 2 is 1.90 bits per heavy atom. The lowest BCUT2D eigenvalue weighted by molar-refractivity contribution is 0.567. The molecule has 3 aromatic rings. The smallest absolute Gasteiger partial charge is 0.131 e. The Morgan fingerprint density at radius 1 is 1.05 bits per heavy atom. The molecule has 1 heterocycles. The average molecular weight is 286 g/mol. The van der Waals surface area contributed by atoms with Crippen molar-refractivity contribution in [1.82, 2.24) is 9.88 Å². The number of halogens is 2. The van der Waals surface area contributed by atoms with Crippen LogP contribution in [-0.4, -0.2) is 11.6 Å². The Kier molecular flexibility index (Phi) is 3.71. The lowest BCUT2D eigenvalue weighted by Crippen LogP contribution is -2.05. The molecule has 108 valence electrons. The van der Waals surface area contributed by atoms with Gasteiger partial charge in [-0.2, -0.15) is 0 Å². The third-order valence-electron chi connectivity index (χ3n) is 3.63. The van der Waals surface area contributed by atoms with E-state index >= 15 is 0 Å². The van der Waals surface area contributed by atoms with Crippen molar-refractivity contribution in [2.45, 2.75) is 13.1 Å². The van der Waals surface area contributed by atoms with E-state index in [0.717, 1.165) is 23.5 Å². The molecule has 0 spiro atoms. The van der Waals surface area contributed by atoms with Crippen molar-refractivity contribution in [2.24, 2.45) is 0 Å². The summed E-state index contributed by atoms with van der Waals surface area (Å²) in [6.07, 6.45) is 1.94. The quantitative estimate of drug-likeness (QED) is 0.774. The van der Waals surface area contributed by atoms with Crippen LogP contribution in [0.25, 0.3) is 10.9 Å². The highest BCUT2D eigenvalue weighted by atomic mass is 19.1. The fourth-order valence-electron chi connectivity index (χ4n) is 2.60. The predicted molar refractivity (Wildman–Crippen MR) is 80.2 cm³/mol. The molecule has 0 saturated heterocycles. The zero-order valence-electron chi connectivity index (χ0n) is 11.7. The minimum absolute atomic E-state index is 0.388. The van der Waals surface area contributed by atoms with E-state index in [1.54, 1.807) is 0 Å². The van der Waals surface area contributed by atoms with Crippen LogP contribution < -0.4 is 5.32 Å². The van der Waals surface area contributed by atoms with E-state index in [4.69, 9.17) is 0 Å². The van der Waals surface area contributed by atoms with Gasteiger partial charge in [-0.15, -0.1) is 0 Å². The summed E-state index contributed by atoms with van der Waals surface area (Å²) in [6.45, 7) is 1.17. The summed E-state index contributed by atoms with van der Waals surface area (Å²) in [7, 11) is 1.91. The molecule has 0 saturated carbocycles. The van der Waals surface area contributed by atoms with Gasteiger partial charge in [0.1, 0.15) is 11.6 Å². The summed E-state index contributed by atoms with van der Waals surface area (Å²) in [5, 5.41) is 4.29. The first-order valence-electron chi connectivity index (χ1n) is 6.84. The van der Waals surface area contributed by atoms with Gasteiger partial charge in [0.05, 0.1) is 6.54 Å². The van der Waals surface area contributed by atoms with Crippen molar-refractivity contribution in [3.05, 3.63) is 71.4 Å². The molecule has 0 radical (unpaired) electrons. The second-order valence-electron chi connectivity index (χ2n) is 5.06. The number of nitrogens with one attached hydrogen (secondary N) is 1. The molecule has 3 rings (SSSR count). The Balaban J connectivity index is 1.99. The third-order valence-corrected chi connectivity index (χ3v) is 3.63. The number of fused-ring (bicyclic) bond motifs is 1.